The van der Waals surface area contributed by atoms with E-state index < -0.39 is 10.0 Å². The number of nitrogens with zero attached hydrogens (tertiary/aromatic N) is 1. The van der Waals surface area contributed by atoms with E-state index in [1.807, 2.05) is 6.92 Å². The molecule has 6 nitrogen and oxygen atoms in total. The lowest BCUT2D eigenvalue weighted by molar-refractivity contribution is 0.398. The number of halogens is 1. The number of aromatic nitrogens is 1. The third kappa shape index (κ3) is 3.05. The molecule has 2 aromatic heterocycles. The summed E-state index contributed by atoms with van der Waals surface area (Å²) in [5.74, 6) is 0.712. The summed E-state index contributed by atoms with van der Waals surface area (Å²) in [5.41, 5.74) is 2.66. The third-order valence-corrected chi connectivity index (χ3v) is 5.14. The molecule has 8 heteroatoms. The molecular weight excluding hydrogens is 352 g/mol. The predicted octanol–water partition coefficient (Wildman–Crippen LogP) is 4.31. The summed E-state index contributed by atoms with van der Waals surface area (Å²) in [6, 6.07) is 7.87. The fraction of sp³-hybridized carbons (Fsp3) is 0.188. The van der Waals surface area contributed by atoms with Gasteiger partial charge in [-0.15, -0.1) is 0 Å². The molecule has 24 heavy (non-hydrogen) atoms. The molecular formula is C16H15ClN2O4S. The Labute approximate surface area is 144 Å². The third-order valence-electron chi connectivity index (χ3n) is 3.67. The van der Waals surface area contributed by atoms with E-state index in [2.05, 4.69) is 9.88 Å². The smallest absolute Gasteiger partial charge is 0.295 e. The van der Waals surface area contributed by atoms with Crippen LogP contribution in [0.2, 0.25) is 5.02 Å². The second-order valence-electron chi connectivity index (χ2n) is 5.41. The number of anilines is 1. The van der Waals surface area contributed by atoms with Gasteiger partial charge in [-0.2, -0.15) is 8.42 Å². The fourth-order valence-corrected chi connectivity index (χ4v) is 3.36. The lowest BCUT2D eigenvalue weighted by atomic mass is 10.2. The standard InChI is InChI=1S/C16H15ClN2O4S/c1-9-4-5-12(17)8-13(9)19-24(20,21)15-7-6-14(22-15)16-10(2)11(3)18-23-16/h4-8,19H,1-3H3. The number of aryl methyl sites for hydroxylation is 2. The van der Waals surface area contributed by atoms with Crippen molar-refractivity contribution in [1.29, 1.82) is 0 Å². The van der Waals surface area contributed by atoms with E-state index in [0.717, 1.165) is 16.8 Å². The molecule has 126 valence electrons. The zero-order valence-electron chi connectivity index (χ0n) is 13.3. The predicted molar refractivity (Wildman–Crippen MR) is 90.7 cm³/mol. The van der Waals surface area contributed by atoms with Crippen LogP contribution in [0.3, 0.4) is 0 Å². The molecule has 1 aromatic carbocycles. The first kappa shape index (κ1) is 16.6. The maximum atomic E-state index is 12.5. The summed E-state index contributed by atoms with van der Waals surface area (Å²) in [5, 5.41) is 4.06. The highest BCUT2D eigenvalue weighted by atomic mass is 35.5. The molecule has 0 fully saturated rings. The normalized spacial score (nSPS) is 11.7. The molecule has 3 rings (SSSR count). The Kier molecular flexibility index (Phi) is 4.15. The lowest BCUT2D eigenvalue weighted by Gasteiger charge is -2.09. The molecule has 0 radical (unpaired) electrons. The number of hydrogen-bond acceptors (Lipinski definition) is 5. The molecule has 1 N–H and O–H groups in total. The maximum absolute atomic E-state index is 12.5. The van der Waals surface area contributed by atoms with Crippen molar-refractivity contribution in [3.63, 3.8) is 0 Å². The van der Waals surface area contributed by atoms with Crippen LogP contribution >= 0.6 is 11.6 Å². The van der Waals surface area contributed by atoms with Gasteiger partial charge in [0.25, 0.3) is 10.0 Å². The Balaban J connectivity index is 1.94. The minimum atomic E-state index is -3.88. The van der Waals surface area contributed by atoms with Crippen molar-refractivity contribution < 1.29 is 17.4 Å². The second-order valence-corrected chi connectivity index (χ2v) is 7.46. The molecule has 0 unspecified atom stereocenters. The van der Waals surface area contributed by atoms with Gasteiger partial charge in [0.2, 0.25) is 10.9 Å². The van der Waals surface area contributed by atoms with Crippen molar-refractivity contribution in [3.8, 4) is 11.5 Å². The molecule has 0 aliphatic rings. The Hall–Kier alpha value is -2.25. The van der Waals surface area contributed by atoms with Crippen molar-refractivity contribution in [2.75, 3.05) is 4.72 Å². The van der Waals surface area contributed by atoms with Crippen molar-refractivity contribution in [2.24, 2.45) is 0 Å². The van der Waals surface area contributed by atoms with Gasteiger partial charge in [-0.1, -0.05) is 22.8 Å². The Morgan fingerprint density at radius 2 is 1.88 bits per heavy atom. The Bertz CT molecular complexity index is 1010. The quantitative estimate of drug-likeness (QED) is 0.743. The van der Waals surface area contributed by atoms with Crippen molar-refractivity contribution in [2.45, 2.75) is 25.9 Å². The Morgan fingerprint density at radius 3 is 2.54 bits per heavy atom. The molecule has 0 amide bonds. The lowest BCUT2D eigenvalue weighted by Crippen LogP contribution is -2.12. The zero-order chi connectivity index (χ0) is 17.5. The van der Waals surface area contributed by atoms with Crippen LogP contribution in [-0.2, 0) is 10.0 Å². The van der Waals surface area contributed by atoms with Gasteiger partial charge >= 0.3 is 0 Å². The monoisotopic (exact) mass is 366 g/mol. The van der Waals surface area contributed by atoms with Gasteiger partial charge in [-0.25, -0.2) is 0 Å². The summed E-state index contributed by atoms with van der Waals surface area (Å²) >= 11 is 5.92. The van der Waals surface area contributed by atoms with Crippen molar-refractivity contribution in [1.82, 2.24) is 5.16 Å². The van der Waals surface area contributed by atoms with Crippen LogP contribution in [0.4, 0.5) is 5.69 Å². The average molecular weight is 367 g/mol. The van der Waals surface area contributed by atoms with Gasteiger partial charge < -0.3 is 8.94 Å². The van der Waals surface area contributed by atoms with Crippen LogP contribution in [0, 0.1) is 20.8 Å². The molecule has 2 heterocycles. The maximum Gasteiger partial charge on any atom is 0.295 e. The van der Waals surface area contributed by atoms with Crippen LogP contribution in [0.15, 0.2) is 44.4 Å². The molecule has 0 saturated heterocycles. The molecule has 0 aliphatic carbocycles. The van der Waals surface area contributed by atoms with Crippen LogP contribution in [0.1, 0.15) is 16.8 Å². The van der Waals surface area contributed by atoms with E-state index in [1.54, 1.807) is 32.0 Å². The number of rotatable bonds is 4. The van der Waals surface area contributed by atoms with E-state index in [0.29, 0.717) is 22.2 Å². The second kappa shape index (κ2) is 5.99. The Morgan fingerprint density at radius 1 is 1.12 bits per heavy atom. The van der Waals surface area contributed by atoms with Crippen LogP contribution < -0.4 is 4.72 Å². The summed E-state index contributed by atoms with van der Waals surface area (Å²) in [4.78, 5) is 0. The highest BCUT2D eigenvalue weighted by molar-refractivity contribution is 7.92. The summed E-state index contributed by atoms with van der Waals surface area (Å²) in [7, 11) is -3.88. The number of benzene rings is 1. The van der Waals surface area contributed by atoms with Crippen molar-refractivity contribution in [3.05, 3.63) is 52.2 Å². The number of hydrogen-bond donors (Lipinski definition) is 1. The summed E-state index contributed by atoms with van der Waals surface area (Å²) < 4.78 is 38.1. The van der Waals surface area contributed by atoms with E-state index in [1.165, 1.54) is 12.1 Å². The van der Waals surface area contributed by atoms with Crippen LogP contribution in [0.5, 0.6) is 0 Å². The highest BCUT2D eigenvalue weighted by Crippen LogP contribution is 2.30. The highest BCUT2D eigenvalue weighted by Gasteiger charge is 2.22. The number of furan rings is 1. The van der Waals surface area contributed by atoms with Gasteiger partial charge in [0.15, 0.2) is 5.76 Å². The van der Waals surface area contributed by atoms with Gasteiger partial charge in [-0.05, 0) is 50.6 Å². The van der Waals surface area contributed by atoms with Gasteiger partial charge in [-0.3, -0.25) is 4.72 Å². The summed E-state index contributed by atoms with van der Waals surface area (Å²) in [6.07, 6.45) is 0. The van der Waals surface area contributed by atoms with Crippen LogP contribution in [-0.4, -0.2) is 13.6 Å². The number of nitrogens with one attached hydrogen (secondary N) is 1. The zero-order valence-corrected chi connectivity index (χ0v) is 14.8. The topological polar surface area (TPSA) is 85.3 Å². The fourth-order valence-electron chi connectivity index (χ4n) is 2.13. The number of sulfonamides is 1. The first-order valence-corrected chi connectivity index (χ1v) is 8.96. The first-order valence-electron chi connectivity index (χ1n) is 7.10. The van der Waals surface area contributed by atoms with Gasteiger partial charge in [0.1, 0.15) is 0 Å². The molecule has 0 saturated carbocycles. The SMILES string of the molecule is Cc1ccc(Cl)cc1NS(=O)(=O)c1ccc(-c2onc(C)c2C)o1. The van der Waals surface area contributed by atoms with Gasteiger partial charge in [0, 0.05) is 10.6 Å². The van der Waals surface area contributed by atoms with E-state index in [-0.39, 0.29) is 5.09 Å². The molecule has 0 aliphatic heterocycles. The van der Waals surface area contributed by atoms with Gasteiger partial charge in [0.05, 0.1) is 11.4 Å². The first-order chi connectivity index (χ1) is 11.3. The van der Waals surface area contributed by atoms with Crippen molar-refractivity contribution >= 4 is 27.3 Å². The summed E-state index contributed by atoms with van der Waals surface area (Å²) in [6.45, 7) is 5.40. The molecule has 0 bridgehead atoms. The van der Waals surface area contributed by atoms with E-state index >= 15 is 0 Å². The largest absolute Gasteiger partial charge is 0.439 e. The molecule has 0 spiro atoms. The van der Waals surface area contributed by atoms with E-state index in [9.17, 15) is 8.42 Å². The minimum Gasteiger partial charge on any atom is -0.439 e. The molecule has 0 atom stereocenters. The minimum absolute atomic E-state index is 0.217. The van der Waals surface area contributed by atoms with E-state index in [4.69, 9.17) is 20.5 Å². The molecule has 3 aromatic rings. The van der Waals surface area contributed by atoms with Crippen LogP contribution in [0.25, 0.3) is 11.5 Å². The average Bonchev–Trinajstić information content (AvgIpc) is 3.12.